The molecule has 0 bridgehead atoms. The van der Waals surface area contributed by atoms with Gasteiger partial charge in [-0.1, -0.05) is 25.8 Å². The van der Waals surface area contributed by atoms with Gasteiger partial charge in [0.15, 0.2) is 0 Å². The highest BCUT2D eigenvalue weighted by atomic mass is 79.9. The van der Waals surface area contributed by atoms with Gasteiger partial charge >= 0.3 is 0 Å². The van der Waals surface area contributed by atoms with Crippen LogP contribution in [0.5, 0.6) is 5.75 Å². The first kappa shape index (κ1) is 15.8. The molecule has 1 aliphatic rings. The minimum absolute atomic E-state index is 0.590. The Morgan fingerprint density at radius 1 is 1.40 bits per heavy atom. The quantitative estimate of drug-likeness (QED) is 0.828. The lowest BCUT2D eigenvalue weighted by molar-refractivity contribution is 0.361. The summed E-state index contributed by atoms with van der Waals surface area (Å²) < 4.78 is 6.34. The van der Waals surface area contributed by atoms with Crippen LogP contribution in [-0.2, 0) is 6.42 Å². The normalized spacial score (nSPS) is 23.8. The van der Waals surface area contributed by atoms with Crippen LogP contribution >= 0.6 is 15.9 Å². The van der Waals surface area contributed by atoms with Gasteiger partial charge in [0.05, 0.1) is 11.6 Å². The molecule has 0 heterocycles. The van der Waals surface area contributed by atoms with Crippen molar-refractivity contribution in [2.75, 3.05) is 14.2 Å². The van der Waals surface area contributed by atoms with Gasteiger partial charge in [-0.15, -0.1) is 0 Å². The Hall–Kier alpha value is -0.540. The van der Waals surface area contributed by atoms with E-state index in [0.29, 0.717) is 6.04 Å². The van der Waals surface area contributed by atoms with Crippen LogP contribution in [0.4, 0.5) is 0 Å². The summed E-state index contributed by atoms with van der Waals surface area (Å²) in [5.74, 6) is 2.67. The van der Waals surface area contributed by atoms with Crippen LogP contribution in [0.15, 0.2) is 22.7 Å². The number of methoxy groups -OCH3 is 1. The minimum atomic E-state index is 0.590. The van der Waals surface area contributed by atoms with Crippen molar-refractivity contribution in [1.29, 1.82) is 0 Å². The summed E-state index contributed by atoms with van der Waals surface area (Å²) in [5.41, 5.74) is 1.37. The number of halogens is 1. The van der Waals surface area contributed by atoms with E-state index in [1.165, 1.54) is 31.2 Å². The standard InChI is InChI=1S/C17H26BrNO/c1-4-12-5-7-14(9-12)16(19-2)11-13-6-8-17(20-3)15(18)10-13/h6,8,10,12,14,16,19H,4-5,7,9,11H2,1-3H3. The third-order valence-corrected chi connectivity index (χ3v) is 5.39. The minimum Gasteiger partial charge on any atom is -0.496 e. The van der Waals surface area contributed by atoms with Crippen molar-refractivity contribution in [1.82, 2.24) is 5.32 Å². The number of hydrogen-bond acceptors (Lipinski definition) is 2. The highest BCUT2D eigenvalue weighted by Gasteiger charge is 2.29. The molecule has 1 N–H and O–H groups in total. The second kappa shape index (κ2) is 7.46. The van der Waals surface area contributed by atoms with E-state index in [4.69, 9.17) is 4.74 Å². The Kier molecular flexibility index (Phi) is 5.91. The van der Waals surface area contributed by atoms with Gasteiger partial charge < -0.3 is 10.1 Å². The molecule has 112 valence electrons. The maximum atomic E-state index is 5.30. The predicted molar refractivity (Wildman–Crippen MR) is 88.4 cm³/mol. The molecule has 1 aromatic carbocycles. The fourth-order valence-corrected chi connectivity index (χ4v) is 4.03. The smallest absolute Gasteiger partial charge is 0.133 e. The number of benzene rings is 1. The number of hydrogen-bond donors (Lipinski definition) is 1. The van der Waals surface area contributed by atoms with Gasteiger partial charge in [-0.25, -0.2) is 0 Å². The van der Waals surface area contributed by atoms with Gasteiger partial charge in [0.25, 0.3) is 0 Å². The summed E-state index contributed by atoms with van der Waals surface area (Å²) in [4.78, 5) is 0. The third-order valence-electron chi connectivity index (χ3n) is 4.77. The van der Waals surface area contributed by atoms with Crippen molar-refractivity contribution in [3.8, 4) is 5.75 Å². The van der Waals surface area contributed by atoms with Crippen LogP contribution in [0.1, 0.15) is 38.2 Å². The van der Waals surface area contributed by atoms with Crippen LogP contribution in [0.3, 0.4) is 0 Å². The summed E-state index contributed by atoms with van der Waals surface area (Å²) in [7, 11) is 3.81. The van der Waals surface area contributed by atoms with Crippen molar-refractivity contribution >= 4 is 15.9 Å². The van der Waals surface area contributed by atoms with Crippen molar-refractivity contribution in [3.05, 3.63) is 28.2 Å². The van der Waals surface area contributed by atoms with Crippen molar-refractivity contribution in [2.24, 2.45) is 11.8 Å². The van der Waals surface area contributed by atoms with Crippen molar-refractivity contribution in [2.45, 2.75) is 45.1 Å². The van der Waals surface area contributed by atoms with Crippen LogP contribution < -0.4 is 10.1 Å². The Morgan fingerprint density at radius 2 is 2.20 bits per heavy atom. The van der Waals surface area contributed by atoms with Gasteiger partial charge in [0, 0.05) is 6.04 Å². The first-order valence-corrected chi connectivity index (χ1v) is 8.46. The molecule has 1 saturated carbocycles. The number of rotatable bonds is 6. The topological polar surface area (TPSA) is 21.3 Å². The maximum Gasteiger partial charge on any atom is 0.133 e. The highest BCUT2D eigenvalue weighted by molar-refractivity contribution is 9.10. The number of nitrogens with one attached hydrogen (secondary N) is 1. The molecular weight excluding hydrogens is 314 g/mol. The van der Waals surface area contributed by atoms with Crippen molar-refractivity contribution in [3.63, 3.8) is 0 Å². The summed E-state index contributed by atoms with van der Waals surface area (Å²) >= 11 is 3.58. The van der Waals surface area contributed by atoms with E-state index in [1.807, 2.05) is 0 Å². The number of ether oxygens (including phenoxy) is 1. The summed E-state index contributed by atoms with van der Waals surface area (Å²) in [5, 5.41) is 3.54. The molecule has 0 spiro atoms. The van der Waals surface area contributed by atoms with E-state index < -0.39 is 0 Å². The first-order valence-electron chi connectivity index (χ1n) is 7.67. The molecule has 0 amide bonds. The Balaban J connectivity index is 2.01. The average molecular weight is 340 g/mol. The van der Waals surface area contributed by atoms with Gasteiger partial charge in [0.1, 0.15) is 5.75 Å². The second-order valence-corrected chi connectivity index (χ2v) is 6.77. The molecule has 3 heteroatoms. The molecule has 3 unspecified atom stereocenters. The van der Waals surface area contributed by atoms with E-state index in [-0.39, 0.29) is 0 Å². The van der Waals surface area contributed by atoms with Gasteiger partial charge in [-0.05, 0) is 71.8 Å². The zero-order valence-electron chi connectivity index (χ0n) is 12.8. The molecule has 20 heavy (non-hydrogen) atoms. The number of likely N-dealkylation sites (N-methyl/N-ethyl adjacent to an activating group) is 1. The Labute approximate surface area is 131 Å². The molecule has 2 nitrogen and oxygen atoms in total. The molecule has 3 atom stereocenters. The molecule has 0 aliphatic heterocycles. The van der Waals surface area contributed by atoms with E-state index in [2.05, 4.69) is 53.4 Å². The largest absolute Gasteiger partial charge is 0.496 e. The van der Waals surface area contributed by atoms with Crippen LogP contribution in [0, 0.1) is 11.8 Å². The lowest BCUT2D eigenvalue weighted by Crippen LogP contribution is -2.34. The molecule has 0 radical (unpaired) electrons. The monoisotopic (exact) mass is 339 g/mol. The summed E-state index contributed by atoms with van der Waals surface area (Å²) in [6.07, 6.45) is 6.60. The van der Waals surface area contributed by atoms with Gasteiger partial charge in [0.2, 0.25) is 0 Å². The molecule has 2 rings (SSSR count). The van der Waals surface area contributed by atoms with Crippen LogP contribution in [0.2, 0.25) is 0 Å². The Bertz CT molecular complexity index is 435. The lowest BCUT2D eigenvalue weighted by atomic mass is 9.91. The summed E-state index contributed by atoms with van der Waals surface area (Å²) in [6.45, 7) is 2.32. The molecule has 1 fully saturated rings. The predicted octanol–water partition coefficient (Wildman–Crippen LogP) is 4.41. The maximum absolute atomic E-state index is 5.30. The molecule has 0 aromatic heterocycles. The average Bonchev–Trinajstić information content (AvgIpc) is 2.93. The van der Waals surface area contributed by atoms with Gasteiger partial charge in [-0.3, -0.25) is 0 Å². The van der Waals surface area contributed by atoms with Crippen LogP contribution in [0.25, 0.3) is 0 Å². The van der Waals surface area contributed by atoms with E-state index in [9.17, 15) is 0 Å². The molecule has 0 saturated heterocycles. The van der Waals surface area contributed by atoms with Crippen molar-refractivity contribution < 1.29 is 4.74 Å². The van der Waals surface area contributed by atoms with Gasteiger partial charge in [-0.2, -0.15) is 0 Å². The first-order chi connectivity index (χ1) is 9.67. The van der Waals surface area contributed by atoms with Crippen LogP contribution in [-0.4, -0.2) is 20.2 Å². The molecule has 1 aromatic rings. The van der Waals surface area contributed by atoms with E-state index >= 15 is 0 Å². The third kappa shape index (κ3) is 3.76. The molecular formula is C17H26BrNO. The zero-order valence-corrected chi connectivity index (χ0v) is 14.4. The van der Waals surface area contributed by atoms with E-state index in [1.54, 1.807) is 7.11 Å². The fraction of sp³-hybridized carbons (Fsp3) is 0.647. The van der Waals surface area contributed by atoms with E-state index in [0.717, 1.165) is 28.5 Å². The molecule has 1 aliphatic carbocycles. The highest BCUT2D eigenvalue weighted by Crippen LogP contribution is 2.36. The fourth-order valence-electron chi connectivity index (χ4n) is 3.45. The summed E-state index contributed by atoms with van der Waals surface area (Å²) in [6, 6.07) is 7.01. The zero-order chi connectivity index (χ0) is 14.5. The lowest BCUT2D eigenvalue weighted by Gasteiger charge is -2.23. The Morgan fingerprint density at radius 3 is 2.75 bits per heavy atom. The second-order valence-electron chi connectivity index (χ2n) is 5.92. The SMILES string of the molecule is CCC1CCC(C(Cc2ccc(OC)c(Br)c2)NC)C1.